The third-order valence-electron chi connectivity index (χ3n) is 3.41. The van der Waals surface area contributed by atoms with Gasteiger partial charge in [0.2, 0.25) is 0 Å². The number of hydrogen-bond acceptors (Lipinski definition) is 3. The predicted molar refractivity (Wildman–Crippen MR) is 99.2 cm³/mol. The molecule has 0 aliphatic heterocycles. The number of hydrogen-bond donors (Lipinski definition) is 2. The van der Waals surface area contributed by atoms with Crippen molar-refractivity contribution in [2.45, 2.75) is 33.3 Å². The first-order chi connectivity index (χ1) is 12.0. The average Bonchev–Trinajstić information content (AvgIpc) is 2.59. The molecule has 0 aromatic heterocycles. The summed E-state index contributed by atoms with van der Waals surface area (Å²) in [5.74, 6) is 0.107. The van der Waals surface area contributed by atoms with Gasteiger partial charge in [0.25, 0.3) is 11.8 Å². The number of ether oxygens (including phenoxy) is 1. The summed E-state index contributed by atoms with van der Waals surface area (Å²) in [4.78, 5) is 24.6. The van der Waals surface area contributed by atoms with Crippen molar-refractivity contribution in [2.75, 3.05) is 11.9 Å². The number of carbonyl (C=O) groups is 2. The Labute approximate surface area is 148 Å². The molecule has 0 spiro atoms. The molecule has 5 heteroatoms. The molecule has 2 aromatic rings. The quantitative estimate of drug-likeness (QED) is 0.804. The highest BCUT2D eigenvalue weighted by Crippen LogP contribution is 2.21. The highest BCUT2D eigenvalue weighted by molar-refractivity contribution is 6.06. The molecular weight excluding hydrogens is 316 g/mol. The van der Waals surface area contributed by atoms with E-state index in [1.165, 1.54) is 0 Å². The molecule has 0 bridgehead atoms. The van der Waals surface area contributed by atoms with Crippen LogP contribution >= 0.6 is 0 Å². The zero-order chi connectivity index (χ0) is 18.2. The van der Waals surface area contributed by atoms with Crippen LogP contribution in [0, 0.1) is 0 Å². The number of amides is 2. The molecule has 0 atom stereocenters. The van der Waals surface area contributed by atoms with Crippen molar-refractivity contribution in [3.63, 3.8) is 0 Å². The molecule has 132 valence electrons. The molecular formula is C20H24N2O3. The molecule has 0 aliphatic rings. The Morgan fingerprint density at radius 2 is 1.80 bits per heavy atom. The summed E-state index contributed by atoms with van der Waals surface area (Å²) in [5, 5.41) is 5.64. The molecule has 0 fully saturated rings. The van der Waals surface area contributed by atoms with Crippen molar-refractivity contribution in [3.8, 4) is 5.75 Å². The maximum absolute atomic E-state index is 12.6. The van der Waals surface area contributed by atoms with Crippen molar-refractivity contribution < 1.29 is 14.3 Å². The zero-order valence-corrected chi connectivity index (χ0v) is 14.8. The molecule has 0 aliphatic carbocycles. The lowest BCUT2D eigenvalue weighted by Crippen LogP contribution is -2.24. The van der Waals surface area contributed by atoms with E-state index in [4.69, 9.17) is 4.74 Å². The Kier molecular flexibility index (Phi) is 6.57. The third-order valence-corrected chi connectivity index (χ3v) is 3.41. The van der Waals surface area contributed by atoms with Gasteiger partial charge in [-0.05, 0) is 50.6 Å². The molecule has 5 nitrogen and oxygen atoms in total. The minimum absolute atomic E-state index is 0.0282. The maximum Gasteiger partial charge on any atom is 0.259 e. The number of benzene rings is 2. The van der Waals surface area contributed by atoms with E-state index in [9.17, 15) is 9.59 Å². The summed E-state index contributed by atoms with van der Waals surface area (Å²) < 4.78 is 5.69. The number of anilines is 1. The topological polar surface area (TPSA) is 67.4 Å². The van der Waals surface area contributed by atoms with Crippen molar-refractivity contribution >= 4 is 17.5 Å². The van der Waals surface area contributed by atoms with E-state index in [1.807, 2.05) is 26.8 Å². The Bertz CT molecular complexity index is 741. The highest BCUT2D eigenvalue weighted by atomic mass is 16.5. The lowest BCUT2D eigenvalue weighted by Gasteiger charge is -2.14. The van der Waals surface area contributed by atoms with Gasteiger partial charge >= 0.3 is 0 Å². The molecule has 0 radical (unpaired) electrons. The molecule has 0 saturated heterocycles. The van der Waals surface area contributed by atoms with Crippen LogP contribution < -0.4 is 15.4 Å². The van der Waals surface area contributed by atoms with Crippen LogP contribution in [-0.4, -0.2) is 24.5 Å². The minimum Gasteiger partial charge on any atom is -0.490 e. The van der Waals surface area contributed by atoms with E-state index in [1.54, 1.807) is 42.5 Å². The van der Waals surface area contributed by atoms with E-state index in [0.29, 0.717) is 29.1 Å². The van der Waals surface area contributed by atoms with Gasteiger partial charge in [0.15, 0.2) is 0 Å². The van der Waals surface area contributed by atoms with Gasteiger partial charge in [-0.1, -0.05) is 25.1 Å². The van der Waals surface area contributed by atoms with Gasteiger partial charge in [-0.15, -0.1) is 0 Å². The normalized spacial score (nSPS) is 10.4. The van der Waals surface area contributed by atoms with Crippen molar-refractivity contribution in [2.24, 2.45) is 0 Å². The van der Waals surface area contributed by atoms with Gasteiger partial charge < -0.3 is 15.4 Å². The van der Waals surface area contributed by atoms with Crippen LogP contribution in [0.2, 0.25) is 0 Å². The summed E-state index contributed by atoms with van der Waals surface area (Å²) in [6, 6.07) is 14.0. The van der Waals surface area contributed by atoms with Gasteiger partial charge in [-0.2, -0.15) is 0 Å². The van der Waals surface area contributed by atoms with Gasteiger partial charge in [0.05, 0.1) is 11.7 Å². The van der Waals surface area contributed by atoms with Crippen LogP contribution in [0.25, 0.3) is 0 Å². The smallest absolute Gasteiger partial charge is 0.259 e. The highest BCUT2D eigenvalue weighted by Gasteiger charge is 2.14. The zero-order valence-electron chi connectivity index (χ0n) is 14.8. The van der Waals surface area contributed by atoms with Gasteiger partial charge in [0, 0.05) is 17.8 Å². The Morgan fingerprint density at radius 3 is 2.52 bits per heavy atom. The largest absolute Gasteiger partial charge is 0.490 e. The Balaban J connectivity index is 2.15. The first-order valence-electron chi connectivity index (χ1n) is 8.46. The van der Waals surface area contributed by atoms with Gasteiger partial charge in [-0.25, -0.2) is 0 Å². The number of rotatable bonds is 7. The summed E-state index contributed by atoms with van der Waals surface area (Å²) in [6.07, 6.45) is 0.842. The first-order valence-corrected chi connectivity index (χ1v) is 8.46. The second-order valence-corrected chi connectivity index (χ2v) is 5.95. The molecule has 0 unspecified atom stereocenters. The lowest BCUT2D eigenvalue weighted by molar-refractivity contribution is 0.0952. The van der Waals surface area contributed by atoms with E-state index in [-0.39, 0.29) is 17.9 Å². The first kappa shape index (κ1) is 18.5. The van der Waals surface area contributed by atoms with Crippen molar-refractivity contribution in [3.05, 3.63) is 59.7 Å². The molecule has 25 heavy (non-hydrogen) atoms. The van der Waals surface area contributed by atoms with Crippen molar-refractivity contribution in [1.29, 1.82) is 0 Å². The van der Waals surface area contributed by atoms with E-state index < -0.39 is 0 Å². The number of nitrogens with one attached hydrogen (secondary N) is 2. The summed E-state index contributed by atoms with van der Waals surface area (Å²) in [6.45, 7) is 6.43. The Morgan fingerprint density at radius 1 is 1.04 bits per heavy atom. The number of carbonyl (C=O) groups excluding carboxylic acids is 2. The Hall–Kier alpha value is -2.82. The lowest BCUT2D eigenvalue weighted by atomic mass is 10.1. The SMILES string of the molecule is CCCNC(=O)c1cccc(NC(=O)c2ccccc2OC(C)C)c1. The molecule has 2 amide bonds. The number of para-hydroxylation sites is 1. The third kappa shape index (κ3) is 5.35. The minimum atomic E-state index is -0.276. The van der Waals surface area contributed by atoms with Crippen LogP contribution in [0.15, 0.2) is 48.5 Å². The molecule has 0 heterocycles. The summed E-state index contributed by atoms with van der Waals surface area (Å²) in [5.41, 5.74) is 1.53. The summed E-state index contributed by atoms with van der Waals surface area (Å²) in [7, 11) is 0. The molecule has 0 saturated carbocycles. The maximum atomic E-state index is 12.6. The van der Waals surface area contributed by atoms with Gasteiger partial charge in [0.1, 0.15) is 5.75 Å². The predicted octanol–water partition coefficient (Wildman–Crippen LogP) is 3.87. The monoisotopic (exact) mass is 340 g/mol. The fourth-order valence-electron chi connectivity index (χ4n) is 2.29. The fraction of sp³-hybridized carbons (Fsp3) is 0.300. The van der Waals surface area contributed by atoms with E-state index in [0.717, 1.165) is 6.42 Å². The van der Waals surface area contributed by atoms with Crippen LogP contribution in [-0.2, 0) is 0 Å². The van der Waals surface area contributed by atoms with Crippen LogP contribution in [0.5, 0.6) is 5.75 Å². The average molecular weight is 340 g/mol. The molecule has 2 aromatic carbocycles. The second-order valence-electron chi connectivity index (χ2n) is 5.95. The van der Waals surface area contributed by atoms with Crippen LogP contribution in [0.3, 0.4) is 0 Å². The van der Waals surface area contributed by atoms with Crippen molar-refractivity contribution in [1.82, 2.24) is 5.32 Å². The van der Waals surface area contributed by atoms with E-state index in [2.05, 4.69) is 10.6 Å². The summed E-state index contributed by atoms with van der Waals surface area (Å²) >= 11 is 0. The van der Waals surface area contributed by atoms with Crippen LogP contribution in [0.4, 0.5) is 5.69 Å². The van der Waals surface area contributed by atoms with Gasteiger partial charge in [-0.3, -0.25) is 9.59 Å². The fourth-order valence-corrected chi connectivity index (χ4v) is 2.29. The molecule has 2 N–H and O–H groups in total. The van der Waals surface area contributed by atoms with Crippen LogP contribution in [0.1, 0.15) is 47.9 Å². The van der Waals surface area contributed by atoms with E-state index >= 15 is 0 Å². The molecule has 2 rings (SSSR count). The second kappa shape index (κ2) is 8.87. The standard InChI is InChI=1S/C20H24N2O3/c1-4-12-21-19(23)15-8-7-9-16(13-15)22-20(24)17-10-5-6-11-18(17)25-14(2)3/h5-11,13-14H,4,12H2,1-3H3,(H,21,23)(H,22,24).